The number of hydrogen-bond acceptors (Lipinski definition) is 3. The van der Waals surface area contributed by atoms with Crippen LogP contribution in [0.25, 0.3) is 10.9 Å². The first kappa shape index (κ1) is 12.8. The minimum atomic E-state index is -0.0258. The van der Waals surface area contributed by atoms with Gasteiger partial charge in [-0.2, -0.15) is 5.10 Å². The number of aliphatic hydroxyl groups excluding tert-OH is 1. The molecule has 0 atom stereocenters. The number of para-hydroxylation sites is 1. The topological polar surface area (TPSA) is 55.1 Å². The first-order chi connectivity index (χ1) is 8.83. The molecule has 0 aliphatic carbocycles. The molecule has 18 heavy (non-hydrogen) atoms. The maximum atomic E-state index is 11.6. The second-order valence-corrected chi connectivity index (χ2v) is 4.39. The second-order valence-electron chi connectivity index (χ2n) is 4.39. The van der Waals surface area contributed by atoms with Crippen LogP contribution < -0.4 is 5.43 Å². The Morgan fingerprint density at radius 3 is 2.72 bits per heavy atom. The molecule has 0 fully saturated rings. The summed E-state index contributed by atoms with van der Waals surface area (Å²) in [6.07, 6.45) is 5.37. The third-order valence-corrected chi connectivity index (χ3v) is 3.04. The van der Waals surface area contributed by atoms with Gasteiger partial charge in [-0.25, -0.2) is 0 Å². The van der Waals surface area contributed by atoms with E-state index in [2.05, 4.69) is 5.10 Å². The summed E-state index contributed by atoms with van der Waals surface area (Å²) < 4.78 is 1.88. The molecule has 0 aliphatic rings. The molecule has 4 nitrogen and oxygen atoms in total. The van der Waals surface area contributed by atoms with E-state index in [1.165, 1.54) is 6.20 Å². The molecule has 4 heteroatoms. The molecule has 0 saturated heterocycles. The van der Waals surface area contributed by atoms with Crippen LogP contribution >= 0.6 is 0 Å². The number of aryl methyl sites for hydroxylation is 1. The fourth-order valence-electron chi connectivity index (χ4n) is 2.07. The lowest BCUT2D eigenvalue weighted by molar-refractivity contribution is 0.282. The van der Waals surface area contributed by atoms with Crippen LogP contribution in [0.1, 0.15) is 25.7 Å². The third kappa shape index (κ3) is 2.96. The van der Waals surface area contributed by atoms with Crippen LogP contribution in [-0.4, -0.2) is 21.5 Å². The van der Waals surface area contributed by atoms with E-state index in [0.717, 1.165) is 43.1 Å². The van der Waals surface area contributed by atoms with Gasteiger partial charge in [-0.15, -0.1) is 0 Å². The zero-order valence-corrected chi connectivity index (χ0v) is 10.4. The van der Waals surface area contributed by atoms with Gasteiger partial charge in [0.15, 0.2) is 0 Å². The molecule has 1 N–H and O–H groups in total. The predicted octanol–water partition coefficient (Wildman–Crippen LogP) is 1.95. The molecule has 0 aliphatic heterocycles. The van der Waals surface area contributed by atoms with Crippen molar-refractivity contribution in [3.05, 3.63) is 40.7 Å². The van der Waals surface area contributed by atoms with E-state index in [-0.39, 0.29) is 12.0 Å². The molecular formula is C14H18N2O2. The van der Waals surface area contributed by atoms with Gasteiger partial charge in [-0.05, 0) is 25.0 Å². The largest absolute Gasteiger partial charge is 0.396 e. The minimum Gasteiger partial charge on any atom is -0.396 e. The van der Waals surface area contributed by atoms with Crippen LogP contribution in [0.2, 0.25) is 0 Å². The Morgan fingerprint density at radius 2 is 1.89 bits per heavy atom. The number of aliphatic hydroxyl groups is 1. The molecule has 0 spiro atoms. The summed E-state index contributed by atoms with van der Waals surface area (Å²) in [6, 6.07) is 7.56. The monoisotopic (exact) mass is 246 g/mol. The minimum absolute atomic E-state index is 0.0258. The molecule has 1 aromatic carbocycles. The molecule has 2 rings (SSSR count). The Bertz CT molecular complexity index is 563. The Morgan fingerprint density at radius 1 is 1.11 bits per heavy atom. The van der Waals surface area contributed by atoms with E-state index < -0.39 is 0 Å². The van der Waals surface area contributed by atoms with Gasteiger partial charge in [0.25, 0.3) is 0 Å². The molecule has 0 radical (unpaired) electrons. The highest BCUT2D eigenvalue weighted by atomic mass is 16.2. The van der Waals surface area contributed by atoms with Gasteiger partial charge in [0.2, 0.25) is 5.43 Å². The quantitative estimate of drug-likeness (QED) is 0.793. The van der Waals surface area contributed by atoms with Crippen molar-refractivity contribution in [2.75, 3.05) is 6.61 Å². The summed E-state index contributed by atoms with van der Waals surface area (Å²) in [5, 5.41) is 13.6. The summed E-state index contributed by atoms with van der Waals surface area (Å²) >= 11 is 0. The number of rotatable bonds is 6. The molecule has 1 heterocycles. The van der Waals surface area contributed by atoms with Crippen molar-refractivity contribution in [3.8, 4) is 0 Å². The lowest BCUT2D eigenvalue weighted by Crippen LogP contribution is -2.12. The predicted molar refractivity (Wildman–Crippen MR) is 71.6 cm³/mol. The first-order valence-corrected chi connectivity index (χ1v) is 6.38. The van der Waals surface area contributed by atoms with E-state index in [4.69, 9.17) is 5.11 Å². The van der Waals surface area contributed by atoms with Crippen molar-refractivity contribution in [1.82, 2.24) is 9.78 Å². The average molecular weight is 246 g/mol. The first-order valence-electron chi connectivity index (χ1n) is 6.38. The number of benzene rings is 1. The number of nitrogens with zero attached hydrogens (tertiary/aromatic N) is 2. The number of aromatic nitrogens is 2. The van der Waals surface area contributed by atoms with Crippen LogP contribution in [0.15, 0.2) is 35.3 Å². The molecular weight excluding hydrogens is 228 g/mol. The van der Waals surface area contributed by atoms with Crippen molar-refractivity contribution in [1.29, 1.82) is 0 Å². The van der Waals surface area contributed by atoms with Crippen LogP contribution in [-0.2, 0) is 6.54 Å². The Labute approximate surface area is 106 Å². The van der Waals surface area contributed by atoms with Crippen molar-refractivity contribution >= 4 is 10.9 Å². The Hall–Kier alpha value is -1.68. The van der Waals surface area contributed by atoms with Crippen LogP contribution in [0.3, 0.4) is 0 Å². The number of unbranched alkanes of at least 4 members (excludes halogenated alkanes) is 3. The zero-order chi connectivity index (χ0) is 12.8. The highest BCUT2D eigenvalue weighted by Crippen LogP contribution is 2.09. The average Bonchev–Trinajstić information content (AvgIpc) is 2.41. The van der Waals surface area contributed by atoms with Crippen LogP contribution in [0.4, 0.5) is 0 Å². The van der Waals surface area contributed by atoms with Gasteiger partial charge in [0.1, 0.15) is 0 Å². The van der Waals surface area contributed by atoms with Gasteiger partial charge >= 0.3 is 0 Å². The van der Waals surface area contributed by atoms with E-state index in [1.54, 1.807) is 0 Å². The van der Waals surface area contributed by atoms with E-state index in [9.17, 15) is 4.79 Å². The summed E-state index contributed by atoms with van der Waals surface area (Å²) in [6.45, 7) is 1.07. The fraction of sp³-hybridized carbons (Fsp3) is 0.429. The molecule has 0 unspecified atom stereocenters. The molecule has 0 amide bonds. The van der Waals surface area contributed by atoms with Crippen LogP contribution in [0, 0.1) is 0 Å². The summed E-state index contributed by atoms with van der Waals surface area (Å²) in [7, 11) is 0. The van der Waals surface area contributed by atoms with Gasteiger partial charge in [0, 0.05) is 18.5 Å². The van der Waals surface area contributed by atoms with E-state index in [1.807, 2.05) is 28.9 Å². The fourth-order valence-corrected chi connectivity index (χ4v) is 2.07. The Balaban J connectivity index is 2.09. The van der Waals surface area contributed by atoms with Gasteiger partial charge in [-0.3, -0.25) is 9.48 Å². The maximum absolute atomic E-state index is 11.6. The number of fused-ring (bicyclic) bond motifs is 1. The van der Waals surface area contributed by atoms with Gasteiger partial charge < -0.3 is 5.11 Å². The van der Waals surface area contributed by atoms with Crippen molar-refractivity contribution in [3.63, 3.8) is 0 Å². The third-order valence-electron chi connectivity index (χ3n) is 3.04. The lowest BCUT2D eigenvalue weighted by Gasteiger charge is -2.08. The smallest absolute Gasteiger partial charge is 0.207 e. The highest BCUT2D eigenvalue weighted by molar-refractivity contribution is 5.77. The molecule has 0 saturated carbocycles. The van der Waals surface area contributed by atoms with Crippen molar-refractivity contribution in [2.45, 2.75) is 32.2 Å². The van der Waals surface area contributed by atoms with Gasteiger partial charge in [-0.1, -0.05) is 25.0 Å². The van der Waals surface area contributed by atoms with Crippen LogP contribution in [0.5, 0.6) is 0 Å². The maximum Gasteiger partial charge on any atom is 0.207 e. The van der Waals surface area contributed by atoms with Gasteiger partial charge in [0.05, 0.1) is 11.7 Å². The van der Waals surface area contributed by atoms with E-state index >= 15 is 0 Å². The second kappa shape index (κ2) is 6.31. The van der Waals surface area contributed by atoms with Crippen molar-refractivity contribution in [2.24, 2.45) is 0 Å². The van der Waals surface area contributed by atoms with Crippen molar-refractivity contribution < 1.29 is 5.11 Å². The summed E-state index contributed by atoms with van der Waals surface area (Å²) in [5.41, 5.74) is 0.870. The SMILES string of the molecule is O=c1cnn(CCCCCCO)c2ccccc12. The number of hydrogen-bond donors (Lipinski definition) is 1. The Kier molecular flexibility index (Phi) is 4.47. The standard InChI is InChI=1S/C14H18N2O2/c17-10-6-2-1-5-9-16-13-8-4-3-7-12(13)14(18)11-15-16/h3-4,7-8,11,17H,1-2,5-6,9-10H2. The summed E-state index contributed by atoms with van der Waals surface area (Å²) in [5.74, 6) is 0. The van der Waals surface area contributed by atoms with E-state index in [0.29, 0.717) is 0 Å². The highest BCUT2D eigenvalue weighted by Gasteiger charge is 2.02. The zero-order valence-electron chi connectivity index (χ0n) is 10.4. The molecule has 1 aromatic heterocycles. The summed E-state index contributed by atoms with van der Waals surface area (Å²) in [4.78, 5) is 11.6. The normalized spacial score (nSPS) is 10.9. The molecule has 2 aromatic rings. The lowest BCUT2D eigenvalue weighted by atomic mass is 10.2. The molecule has 96 valence electrons. The molecule has 0 bridgehead atoms.